The largest absolute Gasteiger partial charge is 0.342 e. The van der Waals surface area contributed by atoms with Gasteiger partial charge in [0, 0.05) is 18.9 Å². The van der Waals surface area contributed by atoms with Crippen molar-refractivity contribution in [1.29, 1.82) is 0 Å². The lowest BCUT2D eigenvalue weighted by Gasteiger charge is -2.06. The normalized spacial score (nSPS) is 11.1. The Morgan fingerprint density at radius 3 is 2.95 bits per heavy atom. The summed E-state index contributed by atoms with van der Waals surface area (Å²) < 4.78 is 2.12. The Balaban J connectivity index is 1.98. The van der Waals surface area contributed by atoms with E-state index in [2.05, 4.69) is 26.4 Å². The fourth-order valence-corrected chi connectivity index (χ4v) is 2.38. The second-order valence-corrected chi connectivity index (χ2v) is 4.71. The monoisotopic (exact) mass is 268 g/mol. The van der Waals surface area contributed by atoms with E-state index in [-0.39, 0.29) is 12.2 Å². The van der Waals surface area contributed by atoms with Crippen LogP contribution in [-0.4, -0.2) is 25.3 Å². The van der Waals surface area contributed by atoms with Gasteiger partial charge in [-0.3, -0.25) is 4.79 Å². The summed E-state index contributed by atoms with van der Waals surface area (Å²) in [5.74, 6) is 1.15. The van der Waals surface area contributed by atoms with Crippen LogP contribution >= 0.6 is 0 Å². The second-order valence-electron chi connectivity index (χ2n) is 4.71. The number of nitrogens with one attached hydrogen (secondary N) is 1. The second kappa shape index (κ2) is 5.28. The number of ketones is 1. The molecular weight excluding hydrogens is 252 g/mol. The summed E-state index contributed by atoms with van der Waals surface area (Å²) in [5, 5.41) is 0. The Labute approximate surface area is 116 Å². The van der Waals surface area contributed by atoms with Gasteiger partial charge in [-0.25, -0.2) is 9.97 Å². The van der Waals surface area contributed by atoms with Gasteiger partial charge in [-0.1, -0.05) is 19.1 Å². The third kappa shape index (κ3) is 2.22. The van der Waals surface area contributed by atoms with Crippen LogP contribution in [0.5, 0.6) is 0 Å². The number of aromatic amines is 1. The molecule has 5 heteroatoms. The van der Waals surface area contributed by atoms with Gasteiger partial charge in [0.1, 0.15) is 5.82 Å². The van der Waals surface area contributed by atoms with Gasteiger partial charge in [-0.2, -0.15) is 0 Å². The first-order valence-corrected chi connectivity index (χ1v) is 6.76. The molecule has 3 rings (SSSR count). The number of aromatic nitrogens is 4. The molecule has 5 nitrogen and oxygen atoms in total. The maximum Gasteiger partial charge on any atom is 0.205 e. The van der Waals surface area contributed by atoms with Crippen molar-refractivity contribution in [3.8, 4) is 0 Å². The van der Waals surface area contributed by atoms with Gasteiger partial charge < -0.3 is 9.55 Å². The van der Waals surface area contributed by atoms with Gasteiger partial charge in [0.25, 0.3) is 0 Å². The maximum atomic E-state index is 12.2. The Bertz CT molecular complexity index is 728. The zero-order valence-corrected chi connectivity index (χ0v) is 11.3. The summed E-state index contributed by atoms with van der Waals surface area (Å²) in [5.41, 5.74) is 2.01. The highest BCUT2D eigenvalue weighted by molar-refractivity contribution is 5.94. The third-order valence-corrected chi connectivity index (χ3v) is 3.26. The smallest absolute Gasteiger partial charge is 0.205 e. The number of carbonyl (C=O) groups excluding carboxylic acids is 1. The highest BCUT2D eigenvalue weighted by atomic mass is 16.1. The zero-order chi connectivity index (χ0) is 13.9. The summed E-state index contributed by atoms with van der Waals surface area (Å²) in [6.07, 6.45) is 4.51. The number of H-pyrrole nitrogens is 1. The minimum absolute atomic E-state index is 0.0392. The number of hydrogen-bond acceptors (Lipinski definition) is 3. The number of aryl methyl sites for hydroxylation is 1. The molecular formula is C15H16N4O. The number of nitrogens with zero attached hydrogens (tertiary/aromatic N) is 3. The molecule has 0 atom stereocenters. The molecule has 0 saturated heterocycles. The summed E-state index contributed by atoms with van der Waals surface area (Å²) in [6.45, 7) is 2.98. The van der Waals surface area contributed by atoms with Crippen molar-refractivity contribution in [2.45, 2.75) is 26.3 Å². The Morgan fingerprint density at radius 1 is 1.35 bits per heavy atom. The van der Waals surface area contributed by atoms with Crippen LogP contribution < -0.4 is 0 Å². The third-order valence-electron chi connectivity index (χ3n) is 3.26. The van der Waals surface area contributed by atoms with Crippen molar-refractivity contribution >= 4 is 16.8 Å². The summed E-state index contributed by atoms with van der Waals surface area (Å²) in [4.78, 5) is 23.6. The van der Waals surface area contributed by atoms with Crippen molar-refractivity contribution in [2.75, 3.05) is 0 Å². The van der Waals surface area contributed by atoms with Gasteiger partial charge in [0.05, 0.1) is 17.5 Å². The molecule has 20 heavy (non-hydrogen) atoms. The molecule has 0 aliphatic rings. The van der Waals surface area contributed by atoms with Crippen LogP contribution in [0.4, 0.5) is 0 Å². The predicted molar refractivity (Wildman–Crippen MR) is 76.6 cm³/mol. The van der Waals surface area contributed by atoms with E-state index in [1.807, 2.05) is 24.3 Å². The van der Waals surface area contributed by atoms with Crippen LogP contribution in [0.2, 0.25) is 0 Å². The number of fused-ring (bicyclic) bond motifs is 1. The van der Waals surface area contributed by atoms with Gasteiger partial charge >= 0.3 is 0 Å². The van der Waals surface area contributed by atoms with E-state index in [1.165, 1.54) is 0 Å². The average molecular weight is 268 g/mol. The highest BCUT2D eigenvalue weighted by Gasteiger charge is 2.15. The first kappa shape index (κ1) is 12.6. The Kier molecular flexibility index (Phi) is 3.33. The Hall–Kier alpha value is -2.43. The van der Waals surface area contributed by atoms with Gasteiger partial charge in [-0.05, 0) is 18.6 Å². The van der Waals surface area contributed by atoms with Crippen LogP contribution in [0.1, 0.15) is 29.8 Å². The molecule has 0 unspecified atom stereocenters. The van der Waals surface area contributed by atoms with E-state index in [0.29, 0.717) is 5.82 Å². The predicted octanol–water partition coefficient (Wildman–Crippen LogP) is 2.59. The molecule has 0 amide bonds. The van der Waals surface area contributed by atoms with Crippen LogP contribution in [0.3, 0.4) is 0 Å². The van der Waals surface area contributed by atoms with E-state index in [1.54, 1.807) is 12.4 Å². The number of hydrogen-bond donors (Lipinski definition) is 1. The summed E-state index contributed by atoms with van der Waals surface area (Å²) in [7, 11) is 0. The zero-order valence-electron chi connectivity index (χ0n) is 11.3. The van der Waals surface area contributed by atoms with Crippen molar-refractivity contribution in [1.82, 2.24) is 19.5 Å². The number of rotatable bonds is 5. The van der Waals surface area contributed by atoms with E-state index in [9.17, 15) is 4.79 Å². The number of carbonyl (C=O) groups is 1. The lowest BCUT2D eigenvalue weighted by molar-refractivity contribution is 0.0981. The van der Waals surface area contributed by atoms with Crippen molar-refractivity contribution in [3.63, 3.8) is 0 Å². The van der Waals surface area contributed by atoms with Crippen LogP contribution in [0.15, 0.2) is 36.7 Å². The van der Waals surface area contributed by atoms with Gasteiger partial charge in [0.2, 0.25) is 5.78 Å². The molecule has 0 bridgehead atoms. The average Bonchev–Trinajstić information content (AvgIpc) is 3.08. The van der Waals surface area contributed by atoms with E-state index < -0.39 is 0 Å². The van der Waals surface area contributed by atoms with Gasteiger partial charge in [0.15, 0.2) is 5.82 Å². The fourth-order valence-electron chi connectivity index (χ4n) is 2.38. The molecule has 3 aromatic rings. The summed E-state index contributed by atoms with van der Waals surface area (Å²) in [6, 6.07) is 7.97. The molecule has 0 aliphatic carbocycles. The Morgan fingerprint density at radius 2 is 2.20 bits per heavy atom. The summed E-state index contributed by atoms with van der Waals surface area (Å²) >= 11 is 0. The standard InChI is InChI=1S/C15H16N4O/c1-2-9-19-12-6-4-3-5-11(12)18-14(19)10-13(20)15-16-7-8-17-15/h3-8H,2,9-10H2,1H3,(H,16,17). The van der Waals surface area contributed by atoms with Crippen LogP contribution in [-0.2, 0) is 13.0 Å². The SMILES string of the molecule is CCCn1c(CC(=O)c2ncc[nH]2)nc2ccccc21. The first-order chi connectivity index (χ1) is 9.79. The number of para-hydroxylation sites is 2. The molecule has 0 fully saturated rings. The number of benzene rings is 1. The topological polar surface area (TPSA) is 63.6 Å². The highest BCUT2D eigenvalue weighted by Crippen LogP contribution is 2.17. The van der Waals surface area contributed by atoms with Gasteiger partial charge in [-0.15, -0.1) is 0 Å². The van der Waals surface area contributed by atoms with Crippen molar-refractivity contribution in [3.05, 3.63) is 48.3 Å². The molecule has 0 saturated carbocycles. The van der Waals surface area contributed by atoms with E-state index >= 15 is 0 Å². The minimum Gasteiger partial charge on any atom is -0.342 e. The number of imidazole rings is 2. The van der Waals surface area contributed by atoms with E-state index in [0.717, 1.165) is 29.8 Å². The quantitative estimate of drug-likeness (QED) is 0.723. The molecule has 1 aromatic carbocycles. The van der Waals surface area contributed by atoms with Crippen LogP contribution in [0.25, 0.3) is 11.0 Å². The van der Waals surface area contributed by atoms with E-state index in [4.69, 9.17) is 0 Å². The lowest BCUT2D eigenvalue weighted by atomic mass is 10.2. The van der Waals surface area contributed by atoms with Crippen molar-refractivity contribution < 1.29 is 4.79 Å². The molecule has 0 spiro atoms. The van der Waals surface area contributed by atoms with Crippen molar-refractivity contribution in [2.24, 2.45) is 0 Å². The minimum atomic E-state index is -0.0392. The molecule has 102 valence electrons. The molecule has 1 N–H and O–H groups in total. The molecule has 2 aromatic heterocycles. The van der Waals surface area contributed by atoms with Crippen LogP contribution in [0, 0.1) is 0 Å². The molecule has 0 aliphatic heterocycles. The molecule has 0 radical (unpaired) electrons. The maximum absolute atomic E-state index is 12.2. The first-order valence-electron chi connectivity index (χ1n) is 6.76. The lowest BCUT2D eigenvalue weighted by Crippen LogP contribution is -2.11. The fraction of sp³-hybridized carbons (Fsp3) is 0.267. The molecule has 2 heterocycles. The number of Topliss-reactive ketones (excluding diaryl/α,β-unsaturated/α-hetero) is 1.